The summed E-state index contributed by atoms with van der Waals surface area (Å²) >= 11 is 0. The molecule has 2 aliphatic heterocycles. The summed E-state index contributed by atoms with van der Waals surface area (Å²) in [4.78, 5) is 36.9. The number of carboxylic acids is 2. The molecule has 1 aromatic rings. The van der Waals surface area contributed by atoms with Crippen molar-refractivity contribution in [3.05, 3.63) is 35.4 Å². The average molecular weight is 444 g/mol. The fourth-order valence-corrected chi connectivity index (χ4v) is 3.93. The maximum absolute atomic E-state index is 12.6. The van der Waals surface area contributed by atoms with E-state index < -0.39 is 18.1 Å². The molecule has 2 fully saturated rings. The molecule has 2 aliphatic rings. The molecule has 2 heterocycles. The van der Waals surface area contributed by atoms with Gasteiger partial charge in [-0.1, -0.05) is 6.92 Å². The maximum Gasteiger partial charge on any atom is 0.490 e. The lowest BCUT2D eigenvalue weighted by Gasteiger charge is -2.41. The van der Waals surface area contributed by atoms with E-state index in [4.69, 9.17) is 15.0 Å². The maximum atomic E-state index is 12.6. The van der Waals surface area contributed by atoms with Gasteiger partial charge in [-0.15, -0.1) is 0 Å². The molecule has 0 radical (unpaired) electrons. The number of aromatic carboxylic acids is 1. The summed E-state index contributed by atoms with van der Waals surface area (Å²) in [5.74, 6) is -2.93. The van der Waals surface area contributed by atoms with Gasteiger partial charge in [-0.2, -0.15) is 13.2 Å². The molecule has 2 saturated heterocycles. The van der Waals surface area contributed by atoms with Crippen molar-refractivity contribution in [2.75, 3.05) is 26.2 Å². The molecule has 3 rings (SSSR count). The van der Waals surface area contributed by atoms with Crippen LogP contribution in [0.2, 0.25) is 0 Å². The minimum Gasteiger partial charge on any atom is -0.478 e. The molecule has 0 bridgehead atoms. The van der Waals surface area contributed by atoms with Gasteiger partial charge in [-0.05, 0) is 62.4 Å². The molecule has 172 valence electrons. The largest absolute Gasteiger partial charge is 0.490 e. The SMILES string of the molecule is C[C@@H]1CCCN(C2CCN(C(=O)c3ccc(C(=O)O)cc3)CC2)C1.O=C(O)C(F)(F)F. The standard InChI is InChI=1S/C19H26N2O3.C2HF3O2/c1-14-3-2-10-21(13-14)17-8-11-20(12-9-17)18(22)15-4-6-16(7-5-15)19(23)24;3-2(4,5)1(6)7/h4-7,14,17H,2-3,8-13H2,1H3,(H,23,24);(H,6,7)/t14-;/m1./s1. The lowest BCUT2D eigenvalue weighted by molar-refractivity contribution is -0.192. The summed E-state index contributed by atoms with van der Waals surface area (Å²) in [6, 6.07) is 6.83. The number of carbonyl (C=O) groups is 3. The van der Waals surface area contributed by atoms with Crippen LogP contribution in [0.5, 0.6) is 0 Å². The monoisotopic (exact) mass is 444 g/mol. The fraction of sp³-hybridized carbons (Fsp3) is 0.571. The third-order valence-corrected chi connectivity index (χ3v) is 5.58. The van der Waals surface area contributed by atoms with Crippen LogP contribution in [0.1, 0.15) is 53.3 Å². The first-order chi connectivity index (χ1) is 14.5. The van der Waals surface area contributed by atoms with Gasteiger partial charge in [0.25, 0.3) is 5.91 Å². The van der Waals surface area contributed by atoms with E-state index in [1.807, 2.05) is 4.90 Å². The molecule has 0 aliphatic carbocycles. The summed E-state index contributed by atoms with van der Waals surface area (Å²) in [6.45, 7) is 6.28. The third kappa shape index (κ3) is 7.23. The highest BCUT2D eigenvalue weighted by Gasteiger charge is 2.38. The van der Waals surface area contributed by atoms with Crippen molar-refractivity contribution in [1.29, 1.82) is 0 Å². The number of halogens is 3. The van der Waals surface area contributed by atoms with Crippen molar-refractivity contribution in [3.63, 3.8) is 0 Å². The molecular formula is C21H27F3N2O5. The van der Waals surface area contributed by atoms with Crippen LogP contribution in [0.4, 0.5) is 13.2 Å². The summed E-state index contributed by atoms with van der Waals surface area (Å²) < 4.78 is 31.7. The first kappa shape index (κ1) is 24.6. The Bertz CT molecular complexity index is 774. The molecule has 10 heteroatoms. The summed E-state index contributed by atoms with van der Waals surface area (Å²) in [6.07, 6.45) is -0.395. The minimum absolute atomic E-state index is 0.0115. The van der Waals surface area contributed by atoms with Crippen LogP contribution in [0.3, 0.4) is 0 Å². The first-order valence-corrected chi connectivity index (χ1v) is 10.2. The van der Waals surface area contributed by atoms with Gasteiger partial charge in [0.1, 0.15) is 0 Å². The van der Waals surface area contributed by atoms with Crippen LogP contribution >= 0.6 is 0 Å². The Morgan fingerprint density at radius 3 is 1.90 bits per heavy atom. The van der Waals surface area contributed by atoms with E-state index in [2.05, 4.69) is 11.8 Å². The Kier molecular flexibility index (Phi) is 8.43. The zero-order valence-corrected chi connectivity index (χ0v) is 17.3. The molecule has 1 amide bonds. The van der Waals surface area contributed by atoms with Crippen molar-refractivity contribution in [2.45, 2.75) is 44.8 Å². The number of alkyl halides is 3. The van der Waals surface area contributed by atoms with E-state index >= 15 is 0 Å². The number of hydrogen-bond donors (Lipinski definition) is 2. The second kappa shape index (κ2) is 10.6. The molecule has 1 atom stereocenters. The second-order valence-corrected chi connectivity index (χ2v) is 7.95. The van der Waals surface area contributed by atoms with Gasteiger partial charge in [0.15, 0.2) is 0 Å². The van der Waals surface area contributed by atoms with Gasteiger partial charge >= 0.3 is 18.1 Å². The molecule has 7 nitrogen and oxygen atoms in total. The second-order valence-electron chi connectivity index (χ2n) is 7.95. The van der Waals surface area contributed by atoms with Gasteiger partial charge in [-0.25, -0.2) is 9.59 Å². The number of piperidine rings is 2. The Balaban J connectivity index is 0.000000423. The highest BCUT2D eigenvalue weighted by molar-refractivity contribution is 5.96. The number of aliphatic carboxylic acids is 1. The number of benzene rings is 1. The summed E-state index contributed by atoms with van der Waals surface area (Å²) in [5.41, 5.74) is 0.787. The van der Waals surface area contributed by atoms with E-state index in [9.17, 15) is 22.8 Å². The number of carboxylic acid groups (broad SMARTS) is 2. The normalized spacial score (nSPS) is 20.5. The Hall–Kier alpha value is -2.62. The van der Waals surface area contributed by atoms with Gasteiger partial charge in [0.05, 0.1) is 5.56 Å². The van der Waals surface area contributed by atoms with Crippen molar-refractivity contribution < 1.29 is 37.8 Å². The van der Waals surface area contributed by atoms with Crippen LogP contribution in [0.15, 0.2) is 24.3 Å². The predicted octanol–water partition coefficient (Wildman–Crippen LogP) is 3.35. The Labute approximate surface area is 178 Å². The van der Waals surface area contributed by atoms with E-state index in [-0.39, 0.29) is 11.5 Å². The fourth-order valence-electron chi connectivity index (χ4n) is 3.93. The van der Waals surface area contributed by atoms with Crippen molar-refractivity contribution >= 4 is 17.8 Å². The van der Waals surface area contributed by atoms with Crippen LogP contribution in [0, 0.1) is 5.92 Å². The van der Waals surface area contributed by atoms with Crippen LogP contribution in [0.25, 0.3) is 0 Å². The molecule has 2 N–H and O–H groups in total. The van der Waals surface area contributed by atoms with E-state index in [0.29, 0.717) is 11.6 Å². The quantitative estimate of drug-likeness (QED) is 0.742. The number of rotatable bonds is 3. The van der Waals surface area contributed by atoms with E-state index in [0.717, 1.165) is 31.8 Å². The smallest absolute Gasteiger partial charge is 0.478 e. The third-order valence-electron chi connectivity index (χ3n) is 5.58. The Morgan fingerprint density at radius 1 is 0.935 bits per heavy atom. The molecule has 0 spiro atoms. The lowest BCUT2D eigenvalue weighted by atomic mass is 9.95. The number of likely N-dealkylation sites (tertiary alicyclic amines) is 2. The van der Waals surface area contributed by atoms with Gasteiger partial charge in [0.2, 0.25) is 0 Å². The zero-order chi connectivity index (χ0) is 23.2. The molecule has 0 saturated carbocycles. The molecular weight excluding hydrogens is 417 g/mol. The van der Waals surface area contributed by atoms with Crippen molar-refractivity contribution in [2.24, 2.45) is 5.92 Å². The van der Waals surface area contributed by atoms with Gasteiger partial charge in [-0.3, -0.25) is 9.69 Å². The number of hydrogen-bond acceptors (Lipinski definition) is 4. The Morgan fingerprint density at radius 2 is 1.45 bits per heavy atom. The molecule has 1 aromatic carbocycles. The molecule has 31 heavy (non-hydrogen) atoms. The molecule has 0 unspecified atom stereocenters. The highest BCUT2D eigenvalue weighted by Crippen LogP contribution is 2.24. The first-order valence-electron chi connectivity index (χ1n) is 10.2. The van der Waals surface area contributed by atoms with Crippen LogP contribution in [-0.4, -0.2) is 76.3 Å². The minimum atomic E-state index is -5.08. The van der Waals surface area contributed by atoms with Crippen molar-refractivity contribution in [1.82, 2.24) is 9.80 Å². The lowest BCUT2D eigenvalue weighted by Crippen LogP contribution is -2.49. The van der Waals surface area contributed by atoms with Gasteiger partial charge < -0.3 is 15.1 Å². The number of amides is 1. The number of nitrogens with zero attached hydrogens (tertiary/aromatic N) is 2. The zero-order valence-electron chi connectivity index (χ0n) is 17.3. The molecule has 0 aromatic heterocycles. The van der Waals surface area contributed by atoms with E-state index in [1.165, 1.54) is 38.1 Å². The predicted molar refractivity (Wildman–Crippen MR) is 106 cm³/mol. The topological polar surface area (TPSA) is 98.2 Å². The highest BCUT2D eigenvalue weighted by atomic mass is 19.4. The van der Waals surface area contributed by atoms with Crippen LogP contribution < -0.4 is 0 Å². The summed E-state index contributed by atoms with van der Waals surface area (Å²) in [7, 11) is 0. The van der Waals surface area contributed by atoms with Crippen LogP contribution in [-0.2, 0) is 4.79 Å². The van der Waals surface area contributed by atoms with Crippen molar-refractivity contribution in [3.8, 4) is 0 Å². The average Bonchev–Trinajstić information content (AvgIpc) is 2.73. The van der Waals surface area contributed by atoms with Gasteiger partial charge in [0, 0.05) is 31.2 Å². The number of carbonyl (C=O) groups excluding carboxylic acids is 1. The summed E-state index contributed by atoms with van der Waals surface area (Å²) in [5, 5.41) is 16.1. The van der Waals surface area contributed by atoms with E-state index in [1.54, 1.807) is 12.1 Å².